The number of aliphatic carboxylic acids is 1. The number of likely N-dealkylation sites (tertiary alicyclic amines) is 1. The zero-order valence-electron chi connectivity index (χ0n) is 22.1. The molecule has 2 aromatic heterocycles. The maximum Gasteiger partial charge on any atom is 0.309 e. The number of hydrogen-bond acceptors (Lipinski definition) is 6. The molecule has 0 amide bonds. The van der Waals surface area contributed by atoms with E-state index in [9.17, 15) is 9.90 Å². The molecular weight excluding hydrogens is 523 g/mol. The highest BCUT2D eigenvalue weighted by Gasteiger charge is 2.49. The van der Waals surface area contributed by atoms with Gasteiger partial charge in [0.15, 0.2) is 0 Å². The molecule has 10 heteroatoms. The van der Waals surface area contributed by atoms with Crippen LogP contribution in [0.1, 0.15) is 56.8 Å². The molecule has 1 saturated carbocycles. The molecule has 8 nitrogen and oxygen atoms in total. The second-order valence-electron chi connectivity index (χ2n) is 11.8. The maximum absolute atomic E-state index is 11.5. The minimum atomic E-state index is -0.654. The van der Waals surface area contributed by atoms with Crippen molar-refractivity contribution in [3.8, 4) is 0 Å². The minimum Gasteiger partial charge on any atom is -0.481 e. The predicted molar refractivity (Wildman–Crippen MR) is 149 cm³/mol. The van der Waals surface area contributed by atoms with Crippen molar-refractivity contribution in [1.29, 1.82) is 0 Å². The number of benzene rings is 1. The molecule has 0 bridgehead atoms. The van der Waals surface area contributed by atoms with Gasteiger partial charge in [-0.2, -0.15) is 0 Å². The Balaban J connectivity index is 1.14. The third-order valence-electron chi connectivity index (χ3n) is 9.20. The average molecular weight is 558 g/mol. The first kappa shape index (κ1) is 25.8. The molecule has 1 N–H and O–H groups in total. The Morgan fingerprint density at radius 1 is 1.16 bits per heavy atom. The first-order valence-electron chi connectivity index (χ1n) is 13.5. The summed E-state index contributed by atoms with van der Waals surface area (Å²) >= 11 is 12.6. The molecule has 2 saturated heterocycles. The van der Waals surface area contributed by atoms with Gasteiger partial charge in [-0.15, -0.1) is 5.10 Å². The molecular formula is C28H34Cl2N6O2. The lowest BCUT2D eigenvalue weighted by Crippen LogP contribution is -2.58. The summed E-state index contributed by atoms with van der Waals surface area (Å²) in [5.74, 6) is 1.60. The number of halogens is 2. The van der Waals surface area contributed by atoms with Crippen LogP contribution < -0.4 is 4.90 Å². The molecule has 3 aromatic rings. The zero-order chi connectivity index (χ0) is 26.8. The van der Waals surface area contributed by atoms with Crippen LogP contribution in [0.5, 0.6) is 0 Å². The average Bonchev–Trinajstić information content (AvgIpc) is 3.25. The normalized spacial score (nSPS) is 27.2. The Bertz CT molecular complexity index is 1380. The topological polar surface area (TPSA) is 87.4 Å². The second kappa shape index (κ2) is 9.65. The van der Waals surface area contributed by atoms with Crippen molar-refractivity contribution in [3.05, 3.63) is 45.6 Å². The lowest BCUT2D eigenvalue weighted by Gasteiger charge is -2.52. The van der Waals surface area contributed by atoms with Gasteiger partial charge in [0.1, 0.15) is 11.3 Å². The molecule has 6 rings (SSSR count). The van der Waals surface area contributed by atoms with E-state index in [0.717, 1.165) is 67.1 Å². The van der Waals surface area contributed by atoms with E-state index in [0.29, 0.717) is 27.9 Å². The second-order valence-corrected chi connectivity index (χ2v) is 12.6. The van der Waals surface area contributed by atoms with Crippen LogP contribution >= 0.6 is 23.2 Å². The predicted octanol–water partition coefficient (Wildman–Crippen LogP) is 5.45. The molecule has 4 heterocycles. The summed E-state index contributed by atoms with van der Waals surface area (Å²) < 4.78 is 1.92. The van der Waals surface area contributed by atoms with E-state index >= 15 is 0 Å². The molecule has 202 valence electrons. The van der Waals surface area contributed by atoms with Crippen LogP contribution in [0.2, 0.25) is 10.0 Å². The standard InChI is InChI=1S/C28H34Cl2N6O2/c1-16-26-24(36(33-32-26)17(2)22-7-6-20(29)9-23(22)30)10-25(31-16)35-14-19(15-35)18-5-4-8-34(13-18)21-11-28(3,12-21)27(37)38/h6-7,9-10,17-19,21H,4-5,8,11-15H2,1-3H3,(H,37,38)/t17-,18+,21?,28?/m1/s1. The molecule has 3 fully saturated rings. The third-order valence-corrected chi connectivity index (χ3v) is 9.76. The van der Waals surface area contributed by atoms with Gasteiger partial charge in [0.2, 0.25) is 0 Å². The largest absolute Gasteiger partial charge is 0.481 e. The van der Waals surface area contributed by atoms with Gasteiger partial charge in [-0.05, 0) is 82.5 Å². The van der Waals surface area contributed by atoms with Crippen LogP contribution in [0, 0.1) is 24.2 Å². The number of nitrogens with zero attached hydrogens (tertiary/aromatic N) is 6. The number of rotatable bonds is 6. The quantitative estimate of drug-likeness (QED) is 0.431. The number of aromatic nitrogens is 4. The van der Waals surface area contributed by atoms with Crippen LogP contribution in [0.25, 0.3) is 11.0 Å². The number of carboxylic acids is 1. The molecule has 1 aromatic carbocycles. The molecule has 3 aliphatic rings. The van der Waals surface area contributed by atoms with Crippen molar-refractivity contribution in [3.63, 3.8) is 0 Å². The van der Waals surface area contributed by atoms with Gasteiger partial charge in [0, 0.05) is 41.8 Å². The third kappa shape index (κ3) is 4.44. The summed E-state index contributed by atoms with van der Waals surface area (Å²) in [6.07, 6.45) is 3.99. The molecule has 0 radical (unpaired) electrons. The number of hydrogen-bond donors (Lipinski definition) is 1. The summed E-state index contributed by atoms with van der Waals surface area (Å²) in [6, 6.07) is 7.97. The summed E-state index contributed by atoms with van der Waals surface area (Å²) in [4.78, 5) is 21.3. The van der Waals surface area contributed by atoms with Gasteiger partial charge < -0.3 is 14.9 Å². The summed E-state index contributed by atoms with van der Waals surface area (Å²) in [5, 5.41) is 19.6. The minimum absolute atomic E-state index is 0.105. The van der Waals surface area contributed by atoms with Crippen molar-refractivity contribution in [2.45, 2.75) is 58.5 Å². The number of pyridine rings is 1. The van der Waals surface area contributed by atoms with Crippen LogP contribution in [0.15, 0.2) is 24.3 Å². The number of aryl methyl sites for hydroxylation is 1. The number of fused-ring (bicyclic) bond motifs is 1. The van der Waals surface area contributed by atoms with E-state index in [-0.39, 0.29) is 6.04 Å². The van der Waals surface area contributed by atoms with Crippen molar-refractivity contribution in [2.24, 2.45) is 17.3 Å². The lowest BCUT2D eigenvalue weighted by molar-refractivity contribution is -0.158. The Hall–Kier alpha value is -2.42. The number of anilines is 1. The zero-order valence-corrected chi connectivity index (χ0v) is 23.6. The molecule has 38 heavy (non-hydrogen) atoms. The van der Waals surface area contributed by atoms with Crippen molar-refractivity contribution in [2.75, 3.05) is 31.1 Å². The first-order chi connectivity index (χ1) is 18.1. The van der Waals surface area contributed by atoms with Gasteiger partial charge in [-0.25, -0.2) is 9.67 Å². The van der Waals surface area contributed by atoms with E-state index in [1.54, 1.807) is 6.07 Å². The Kier molecular flexibility index (Phi) is 6.56. The van der Waals surface area contributed by atoms with Crippen LogP contribution in [0.4, 0.5) is 5.82 Å². The number of carbonyl (C=O) groups is 1. The lowest BCUT2D eigenvalue weighted by atomic mass is 9.65. The van der Waals surface area contributed by atoms with E-state index in [1.807, 2.05) is 30.7 Å². The summed E-state index contributed by atoms with van der Waals surface area (Å²) in [5.41, 5.74) is 3.03. The maximum atomic E-state index is 11.5. The van der Waals surface area contributed by atoms with E-state index in [1.165, 1.54) is 12.8 Å². The smallest absolute Gasteiger partial charge is 0.309 e. The number of piperidine rings is 1. The van der Waals surface area contributed by atoms with E-state index in [4.69, 9.17) is 28.2 Å². The Morgan fingerprint density at radius 2 is 1.92 bits per heavy atom. The van der Waals surface area contributed by atoms with Gasteiger partial charge in [-0.3, -0.25) is 4.79 Å². The fraction of sp³-hybridized carbons (Fsp3) is 0.571. The molecule has 0 spiro atoms. The van der Waals surface area contributed by atoms with Crippen molar-refractivity contribution in [1.82, 2.24) is 24.9 Å². The van der Waals surface area contributed by atoms with Crippen LogP contribution in [0.3, 0.4) is 0 Å². The van der Waals surface area contributed by atoms with E-state index < -0.39 is 11.4 Å². The molecule has 1 aliphatic carbocycles. The van der Waals surface area contributed by atoms with Crippen molar-refractivity contribution >= 4 is 46.0 Å². The monoisotopic (exact) mass is 556 g/mol. The van der Waals surface area contributed by atoms with Crippen LogP contribution in [-0.2, 0) is 4.79 Å². The highest BCUT2D eigenvalue weighted by Crippen LogP contribution is 2.45. The first-order valence-corrected chi connectivity index (χ1v) is 14.3. The summed E-state index contributed by atoms with van der Waals surface area (Å²) in [7, 11) is 0. The highest BCUT2D eigenvalue weighted by molar-refractivity contribution is 6.35. The van der Waals surface area contributed by atoms with Gasteiger partial charge in [-0.1, -0.05) is 34.5 Å². The highest BCUT2D eigenvalue weighted by atomic mass is 35.5. The van der Waals surface area contributed by atoms with Crippen LogP contribution in [-0.4, -0.2) is 68.2 Å². The fourth-order valence-electron chi connectivity index (χ4n) is 6.66. The fourth-order valence-corrected chi connectivity index (χ4v) is 7.23. The van der Waals surface area contributed by atoms with Crippen molar-refractivity contribution < 1.29 is 9.90 Å². The summed E-state index contributed by atoms with van der Waals surface area (Å²) in [6.45, 7) is 10.1. The van der Waals surface area contributed by atoms with Gasteiger partial charge >= 0.3 is 5.97 Å². The Labute approximate surface area is 232 Å². The van der Waals surface area contributed by atoms with Gasteiger partial charge in [0.25, 0.3) is 0 Å². The van der Waals surface area contributed by atoms with Gasteiger partial charge in [0.05, 0.1) is 22.7 Å². The molecule has 2 atom stereocenters. The molecule has 0 unspecified atom stereocenters. The SMILES string of the molecule is Cc1nc(N2CC([C@H]3CCCN(C4CC(C)(C(=O)O)C4)C3)C2)cc2c1nnn2[C@H](C)c1ccc(Cl)cc1Cl. The molecule has 2 aliphatic heterocycles. The Morgan fingerprint density at radius 3 is 2.63 bits per heavy atom. The van der Waals surface area contributed by atoms with E-state index in [2.05, 4.69) is 33.1 Å². The number of carboxylic acid groups (broad SMARTS) is 1.